The lowest BCUT2D eigenvalue weighted by Crippen LogP contribution is -2.07. The van der Waals surface area contributed by atoms with Gasteiger partial charge in [-0.05, 0) is 23.6 Å². The highest BCUT2D eigenvalue weighted by molar-refractivity contribution is 7.08. The van der Waals surface area contributed by atoms with Gasteiger partial charge >= 0.3 is 0 Å². The van der Waals surface area contributed by atoms with Gasteiger partial charge < -0.3 is 4.74 Å². The third-order valence-electron chi connectivity index (χ3n) is 3.16. The predicted octanol–water partition coefficient (Wildman–Crippen LogP) is 2.61. The van der Waals surface area contributed by atoms with Gasteiger partial charge in [-0.3, -0.25) is 4.79 Å². The topological polar surface area (TPSA) is 56.5 Å². The van der Waals surface area contributed by atoms with Gasteiger partial charge in [0.1, 0.15) is 5.78 Å². The molecule has 21 heavy (non-hydrogen) atoms. The Morgan fingerprint density at radius 1 is 1.38 bits per heavy atom. The van der Waals surface area contributed by atoms with Gasteiger partial charge in [-0.15, -0.1) is 0 Å². The van der Waals surface area contributed by atoms with E-state index in [1.165, 1.54) is 0 Å². The third-order valence-corrected chi connectivity index (χ3v) is 3.84. The van der Waals surface area contributed by atoms with Crippen molar-refractivity contribution < 1.29 is 9.53 Å². The lowest BCUT2D eigenvalue weighted by atomic mass is 10.2. The van der Waals surface area contributed by atoms with Crippen LogP contribution in [0.2, 0.25) is 0 Å². The maximum Gasteiger partial charge on any atom is 0.159 e. The normalized spacial score (nSPS) is 11.1. The van der Waals surface area contributed by atoms with Gasteiger partial charge in [0.25, 0.3) is 0 Å². The van der Waals surface area contributed by atoms with E-state index >= 15 is 0 Å². The Morgan fingerprint density at radius 3 is 3.05 bits per heavy atom. The average molecular weight is 301 g/mol. The van der Waals surface area contributed by atoms with E-state index in [0.717, 1.165) is 16.9 Å². The summed E-state index contributed by atoms with van der Waals surface area (Å²) in [5.74, 6) is 0.642. The molecule has 3 heterocycles. The second-order valence-electron chi connectivity index (χ2n) is 4.68. The Hall–Kier alpha value is -2.05. The fraction of sp³-hybridized carbons (Fsp3) is 0.267. The number of rotatable bonds is 6. The van der Waals surface area contributed by atoms with Crippen LogP contribution in [0.5, 0.6) is 0 Å². The van der Waals surface area contributed by atoms with Crippen LogP contribution in [0.4, 0.5) is 0 Å². The number of nitrogens with zero attached hydrogens (tertiary/aromatic N) is 3. The van der Waals surface area contributed by atoms with E-state index < -0.39 is 0 Å². The smallest absolute Gasteiger partial charge is 0.159 e. The molecule has 0 aliphatic rings. The number of methoxy groups -OCH3 is 1. The van der Waals surface area contributed by atoms with E-state index in [9.17, 15) is 4.79 Å². The number of ketones is 1. The number of pyridine rings is 1. The molecule has 3 rings (SSSR count). The van der Waals surface area contributed by atoms with Crippen LogP contribution in [-0.2, 0) is 16.0 Å². The Bertz CT molecular complexity index is 749. The summed E-state index contributed by atoms with van der Waals surface area (Å²) in [4.78, 5) is 16.2. The number of hydrogen-bond acceptors (Lipinski definition) is 5. The summed E-state index contributed by atoms with van der Waals surface area (Å²) in [6.45, 7) is 0.437. The molecule has 3 aromatic heterocycles. The van der Waals surface area contributed by atoms with Crippen molar-refractivity contribution in [2.45, 2.75) is 12.8 Å². The molecule has 0 bridgehead atoms. The van der Waals surface area contributed by atoms with Crippen molar-refractivity contribution in [1.82, 2.24) is 14.6 Å². The molecule has 0 amide bonds. The SMILES string of the molecule is COCCC(=O)Cc1nc2cccc(-c3ccsc3)n2n1. The maximum absolute atomic E-state index is 11.8. The largest absolute Gasteiger partial charge is 0.384 e. The molecule has 0 saturated carbocycles. The Morgan fingerprint density at radius 2 is 2.29 bits per heavy atom. The maximum atomic E-state index is 11.8. The number of aromatic nitrogens is 3. The minimum absolute atomic E-state index is 0.0878. The van der Waals surface area contributed by atoms with Gasteiger partial charge in [-0.1, -0.05) is 6.07 Å². The number of fused-ring (bicyclic) bond motifs is 1. The summed E-state index contributed by atoms with van der Waals surface area (Å²) in [5, 5.41) is 8.56. The lowest BCUT2D eigenvalue weighted by molar-refractivity contribution is -0.119. The first kappa shape index (κ1) is 13.9. The van der Waals surface area contributed by atoms with E-state index in [0.29, 0.717) is 18.9 Å². The van der Waals surface area contributed by atoms with E-state index in [4.69, 9.17) is 4.74 Å². The zero-order valence-corrected chi connectivity index (χ0v) is 12.5. The molecule has 0 aromatic carbocycles. The van der Waals surface area contributed by atoms with Crippen LogP contribution in [0.15, 0.2) is 35.0 Å². The number of ether oxygens (including phenoxy) is 1. The molecule has 0 spiro atoms. The molecule has 108 valence electrons. The summed E-state index contributed by atoms with van der Waals surface area (Å²) in [5.41, 5.74) is 2.85. The molecule has 0 aliphatic carbocycles. The highest BCUT2D eigenvalue weighted by Crippen LogP contribution is 2.22. The molecular weight excluding hydrogens is 286 g/mol. The number of carbonyl (C=O) groups excluding carboxylic acids is 1. The highest BCUT2D eigenvalue weighted by atomic mass is 32.1. The van der Waals surface area contributed by atoms with Gasteiger partial charge in [0.05, 0.1) is 18.7 Å². The van der Waals surface area contributed by atoms with Gasteiger partial charge in [0.15, 0.2) is 11.5 Å². The number of Topliss-reactive ketones (excluding diaryl/α,β-unsaturated/α-hetero) is 1. The highest BCUT2D eigenvalue weighted by Gasteiger charge is 2.12. The van der Waals surface area contributed by atoms with Crippen LogP contribution >= 0.6 is 11.3 Å². The minimum atomic E-state index is 0.0878. The van der Waals surface area contributed by atoms with E-state index in [1.54, 1.807) is 23.0 Å². The van der Waals surface area contributed by atoms with E-state index in [2.05, 4.69) is 15.5 Å². The van der Waals surface area contributed by atoms with Crippen LogP contribution in [0.3, 0.4) is 0 Å². The quantitative estimate of drug-likeness (QED) is 0.702. The molecule has 0 radical (unpaired) electrons. The van der Waals surface area contributed by atoms with Gasteiger partial charge in [-0.2, -0.15) is 16.4 Å². The van der Waals surface area contributed by atoms with Crippen LogP contribution in [-0.4, -0.2) is 34.1 Å². The zero-order valence-electron chi connectivity index (χ0n) is 11.7. The summed E-state index contributed by atoms with van der Waals surface area (Å²) in [6.07, 6.45) is 0.636. The summed E-state index contributed by atoms with van der Waals surface area (Å²) in [6, 6.07) is 7.89. The molecule has 5 nitrogen and oxygen atoms in total. The number of thiophene rings is 1. The first-order valence-corrected chi connectivity index (χ1v) is 7.60. The second kappa shape index (κ2) is 6.15. The van der Waals surface area contributed by atoms with Crippen molar-refractivity contribution in [2.24, 2.45) is 0 Å². The van der Waals surface area contributed by atoms with E-state index in [-0.39, 0.29) is 12.2 Å². The van der Waals surface area contributed by atoms with E-state index in [1.807, 2.05) is 29.6 Å². The molecular formula is C15H15N3O2S. The van der Waals surface area contributed by atoms with Crippen LogP contribution < -0.4 is 0 Å². The molecule has 0 fully saturated rings. The third kappa shape index (κ3) is 3.01. The fourth-order valence-electron chi connectivity index (χ4n) is 2.13. The van der Waals surface area contributed by atoms with Crippen molar-refractivity contribution in [3.05, 3.63) is 40.8 Å². The minimum Gasteiger partial charge on any atom is -0.384 e. The van der Waals surface area contributed by atoms with Crippen LogP contribution in [0.25, 0.3) is 16.9 Å². The number of carbonyl (C=O) groups is 1. The average Bonchev–Trinajstić information content (AvgIpc) is 3.13. The predicted molar refractivity (Wildman–Crippen MR) is 81.5 cm³/mol. The fourth-order valence-corrected chi connectivity index (χ4v) is 2.78. The first-order valence-electron chi connectivity index (χ1n) is 6.66. The van der Waals surface area contributed by atoms with Crippen molar-refractivity contribution >= 4 is 22.8 Å². The molecule has 0 aliphatic heterocycles. The summed E-state index contributed by atoms with van der Waals surface area (Å²) in [7, 11) is 1.59. The molecule has 0 unspecified atom stereocenters. The monoisotopic (exact) mass is 301 g/mol. The van der Waals surface area contributed by atoms with Crippen molar-refractivity contribution in [1.29, 1.82) is 0 Å². The zero-order chi connectivity index (χ0) is 14.7. The summed E-state index contributed by atoms with van der Waals surface area (Å²) < 4.78 is 6.70. The Labute approximate surface area is 126 Å². The first-order chi connectivity index (χ1) is 10.3. The van der Waals surface area contributed by atoms with Gasteiger partial charge in [-0.25, -0.2) is 9.50 Å². The number of hydrogen-bond donors (Lipinski definition) is 0. The Kier molecular flexibility index (Phi) is 4.08. The van der Waals surface area contributed by atoms with Crippen molar-refractivity contribution in [3.63, 3.8) is 0 Å². The van der Waals surface area contributed by atoms with Crippen molar-refractivity contribution in [2.75, 3.05) is 13.7 Å². The molecule has 0 atom stereocenters. The van der Waals surface area contributed by atoms with Crippen molar-refractivity contribution in [3.8, 4) is 11.3 Å². The van der Waals surface area contributed by atoms with Gasteiger partial charge in [0, 0.05) is 24.5 Å². The molecule has 0 N–H and O–H groups in total. The molecule has 0 saturated heterocycles. The molecule has 3 aromatic rings. The Balaban J connectivity index is 1.90. The summed E-state index contributed by atoms with van der Waals surface area (Å²) >= 11 is 1.64. The van der Waals surface area contributed by atoms with Crippen LogP contribution in [0.1, 0.15) is 12.2 Å². The second-order valence-corrected chi connectivity index (χ2v) is 5.46. The lowest BCUT2D eigenvalue weighted by Gasteiger charge is -2.00. The molecule has 6 heteroatoms. The standard InChI is InChI=1S/C15H15N3O2S/c1-20-7-5-12(19)9-14-16-15-4-2-3-13(18(15)17-14)11-6-8-21-10-11/h2-4,6,8,10H,5,7,9H2,1H3. The van der Waals surface area contributed by atoms with Crippen LogP contribution in [0, 0.1) is 0 Å². The van der Waals surface area contributed by atoms with Gasteiger partial charge in [0.2, 0.25) is 0 Å².